The number of piperazine rings is 2. The van der Waals surface area contributed by atoms with Crippen LogP contribution in [0.3, 0.4) is 0 Å². The summed E-state index contributed by atoms with van der Waals surface area (Å²) in [4.78, 5) is 103. The molecule has 0 aromatic carbocycles. The molecule has 0 aliphatic carbocycles. The summed E-state index contributed by atoms with van der Waals surface area (Å²) in [7, 11) is 0. The maximum atomic E-state index is 12.2. The lowest BCUT2D eigenvalue weighted by Crippen LogP contribution is -2.50. The monoisotopic (exact) mass is 1720 g/mol. The van der Waals surface area contributed by atoms with Crippen molar-refractivity contribution in [2.24, 2.45) is 5.41 Å². The Bertz CT molecular complexity index is 5780. The number of piperidine rings is 2. The Labute approximate surface area is 748 Å². The number of aliphatic hydroxyl groups is 2. The molecule has 0 saturated carbocycles. The second-order valence-electron chi connectivity index (χ2n) is 32.3. The first-order chi connectivity index (χ1) is 61.7. The normalized spacial score (nSPS) is 15.6. The third kappa shape index (κ3) is 25.5. The number of carbonyl (C=O) groups excluding carboxylic acids is 2. The lowest BCUT2D eigenvalue weighted by atomic mass is 9.77. The van der Waals surface area contributed by atoms with Crippen molar-refractivity contribution in [1.82, 2.24) is 89.9 Å². The Hall–Kier alpha value is -14.3. The predicted octanol–water partition coefficient (Wildman–Crippen LogP) is 6.56. The molecule has 6 fully saturated rings. The number of nitrogens with two attached hydrogens (primary N) is 5. The number of hydrogen-bond donors (Lipinski definition) is 8. The van der Waals surface area contributed by atoms with Gasteiger partial charge in [-0.25, -0.2) is 74.8 Å². The van der Waals surface area contributed by atoms with Crippen molar-refractivity contribution in [2.45, 2.75) is 125 Å². The van der Waals surface area contributed by atoms with E-state index in [1.807, 2.05) is 76.8 Å². The quantitative estimate of drug-likeness (QED) is 0.0671. The molecule has 0 bridgehead atoms. The van der Waals surface area contributed by atoms with Crippen LogP contribution in [0.2, 0.25) is 0 Å². The summed E-state index contributed by atoms with van der Waals surface area (Å²) in [5.41, 5.74) is 39.2. The number of anilines is 10. The average molecular weight is 1730 g/mol. The number of nitrogen functional groups attached to an aromatic ring is 5. The standard InChI is InChI=1S/C20H22N6O.C20H26N6O.C20H25N5O.C19H22N6O.C16H17N5O/c1-14-16(4-2-15-3-5-17(21)23-12-15)18(25-13-24-14)26-10-7-20(8-11-26)6-9-22-19(20)27;1-15-17(6-4-16-5-7-18(21)22-12-16)19(24-14-23-15)26-10-8-25(9-11-26)13-20(2,3)27;1-3-17-16(7-5-15-6-8-18(21)22-13-15)19(24-14-23-17)25-11-9-20(26,4-2)10-12-25;1-3-17-16(6-4-15-5-7-18(20)21-12-15)19(23-13-22-17)25-10-8-24(9-11-25)14(2)26;1-12-14(4-2-13-3-5-15(17)18-10-13)16(20-11-19-12)21-6-8-22-9-7-21/h3,5,12-13H,6-11H2,1H3,(H2,21,23)(H,22,27);5,7,12,14,27H,8-11,13H2,1-3H3,(H2,21,22);6,8,13-14,26H,3-4,9-12H2,1-2H3,(H2,21,22);5,7,12-13H,3,8-11H2,1-2H3,(H2,20,21);3,5,10-11H,6-9H2,1H3,(H2,17,18). The van der Waals surface area contributed by atoms with Crippen molar-refractivity contribution in [2.75, 3.05) is 171 Å². The number of hydrogen-bond acceptors (Lipinski definition) is 31. The van der Waals surface area contributed by atoms with Crippen molar-refractivity contribution >= 4 is 70.0 Å². The van der Waals surface area contributed by atoms with Crippen molar-refractivity contribution in [1.29, 1.82) is 0 Å². The highest BCUT2D eigenvalue weighted by molar-refractivity contribution is 5.85. The number of morpholine rings is 1. The first kappa shape index (κ1) is 92.9. The highest BCUT2D eigenvalue weighted by Crippen LogP contribution is 2.40. The largest absolute Gasteiger partial charge is 0.390 e. The zero-order valence-corrected chi connectivity index (χ0v) is 74.3. The molecular weight excluding hydrogens is 1610 g/mol. The number of aromatic nitrogens is 15. The first-order valence-corrected chi connectivity index (χ1v) is 43.1. The summed E-state index contributed by atoms with van der Waals surface area (Å²) in [5.74, 6) is 38.6. The molecule has 128 heavy (non-hydrogen) atoms. The summed E-state index contributed by atoms with van der Waals surface area (Å²) in [6.45, 7) is 31.2. The van der Waals surface area contributed by atoms with Crippen LogP contribution in [0.25, 0.3) is 0 Å². The van der Waals surface area contributed by atoms with E-state index in [0.717, 1.165) is 250 Å². The Morgan fingerprint density at radius 2 is 0.727 bits per heavy atom. The van der Waals surface area contributed by atoms with E-state index < -0.39 is 11.2 Å². The Morgan fingerprint density at radius 1 is 0.414 bits per heavy atom. The van der Waals surface area contributed by atoms with Gasteiger partial charge in [0.25, 0.3) is 0 Å². The number of pyridine rings is 5. The van der Waals surface area contributed by atoms with Gasteiger partial charge in [-0.15, -0.1) is 0 Å². The number of rotatable bonds is 10. The highest BCUT2D eigenvalue weighted by atomic mass is 16.5. The van der Waals surface area contributed by atoms with Gasteiger partial charge in [0.1, 0.15) is 89.8 Å². The van der Waals surface area contributed by atoms with Gasteiger partial charge in [-0.3, -0.25) is 14.5 Å². The van der Waals surface area contributed by atoms with Crippen LogP contribution in [0, 0.1) is 85.4 Å². The minimum atomic E-state index is -0.683. The van der Waals surface area contributed by atoms with Crippen LogP contribution in [-0.4, -0.2) is 236 Å². The lowest BCUT2D eigenvalue weighted by molar-refractivity contribution is -0.129. The van der Waals surface area contributed by atoms with Crippen LogP contribution in [-0.2, 0) is 27.2 Å². The molecule has 2 amide bonds. The van der Waals surface area contributed by atoms with Crippen molar-refractivity contribution in [3.8, 4) is 59.2 Å². The molecule has 662 valence electrons. The van der Waals surface area contributed by atoms with Gasteiger partial charge in [-0.1, -0.05) is 80.0 Å². The molecule has 0 unspecified atom stereocenters. The molecule has 6 saturated heterocycles. The maximum absolute atomic E-state index is 12.2. The van der Waals surface area contributed by atoms with Gasteiger partial charge in [0.2, 0.25) is 11.8 Å². The third-order valence-electron chi connectivity index (χ3n) is 22.8. The molecule has 16 heterocycles. The fraction of sp³-hybridized carbons (Fsp3) is 0.400. The van der Waals surface area contributed by atoms with E-state index in [9.17, 15) is 19.8 Å². The first-order valence-electron chi connectivity index (χ1n) is 43.1. The molecule has 6 aliphatic heterocycles. The van der Waals surface area contributed by atoms with Crippen molar-refractivity contribution < 1.29 is 24.5 Å². The summed E-state index contributed by atoms with van der Waals surface area (Å²) < 4.78 is 5.39. The second kappa shape index (κ2) is 44.1. The van der Waals surface area contributed by atoms with Gasteiger partial charge in [0.05, 0.1) is 86.1 Å². The number of carbonyl (C=O) groups is 2. The van der Waals surface area contributed by atoms with E-state index in [0.29, 0.717) is 61.9 Å². The summed E-state index contributed by atoms with van der Waals surface area (Å²) >= 11 is 0. The van der Waals surface area contributed by atoms with Crippen LogP contribution in [0.5, 0.6) is 0 Å². The molecule has 33 heteroatoms. The number of nitrogens with one attached hydrogen (secondary N) is 1. The number of aryl methyl sites for hydroxylation is 5. The van der Waals surface area contributed by atoms with E-state index in [1.165, 1.54) is 0 Å². The highest BCUT2D eigenvalue weighted by Gasteiger charge is 2.45. The fourth-order valence-corrected chi connectivity index (χ4v) is 15.2. The van der Waals surface area contributed by atoms with Gasteiger partial charge in [-0.05, 0) is 147 Å². The van der Waals surface area contributed by atoms with Crippen LogP contribution >= 0.6 is 0 Å². The van der Waals surface area contributed by atoms with E-state index in [-0.39, 0.29) is 17.2 Å². The van der Waals surface area contributed by atoms with Crippen molar-refractivity contribution in [3.05, 3.63) is 207 Å². The molecule has 16 rings (SSSR count). The van der Waals surface area contributed by atoms with Crippen molar-refractivity contribution in [3.63, 3.8) is 0 Å². The van der Waals surface area contributed by atoms with Gasteiger partial charge in [0, 0.05) is 170 Å². The molecule has 6 aliphatic rings. The lowest BCUT2D eigenvalue weighted by Gasteiger charge is -2.38. The Balaban J connectivity index is 0.000000145. The van der Waals surface area contributed by atoms with Gasteiger partial charge < -0.3 is 78.3 Å². The number of amides is 2. The smallest absolute Gasteiger partial charge is 0.226 e. The topological polar surface area (TPSA) is 442 Å². The fourth-order valence-electron chi connectivity index (χ4n) is 15.2. The van der Waals surface area contributed by atoms with E-state index in [2.05, 4.69) is 183 Å². The zero-order valence-electron chi connectivity index (χ0n) is 74.3. The zero-order chi connectivity index (χ0) is 90.7. The summed E-state index contributed by atoms with van der Waals surface area (Å²) in [6, 6.07) is 17.9. The minimum absolute atomic E-state index is 0.109. The number of ether oxygens (including phenoxy) is 1. The molecule has 10 aromatic heterocycles. The third-order valence-corrected chi connectivity index (χ3v) is 22.8. The van der Waals surface area contributed by atoms with Gasteiger partial charge in [0.15, 0.2) is 0 Å². The molecule has 0 radical (unpaired) electrons. The predicted molar refractivity (Wildman–Crippen MR) is 497 cm³/mol. The molecule has 10 aromatic rings. The minimum Gasteiger partial charge on any atom is -0.390 e. The molecule has 33 nitrogen and oxygen atoms in total. The van der Waals surface area contributed by atoms with Crippen LogP contribution in [0.15, 0.2) is 123 Å². The second-order valence-corrected chi connectivity index (χ2v) is 32.3. The summed E-state index contributed by atoms with van der Waals surface area (Å²) in [6.07, 6.45) is 22.7. The summed E-state index contributed by atoms with van der Waals surface area (Å²) in [5, 5.41) is 23.5. The van der Waals surface area contributed by atoms with Gasteiger partial charge >= 0.3 is 0 Å². The Morgan fingerprint density at radius 3 is 1.03 bits per heavy atom. The molecule has 1 spiro atoms. The maximum Gasteiger partial charge on any atom is 0.226 e. The molecule has 13 N–H and O–H groups in total. The van der Waals surface area contributed by atoms with E-state index in [1.54, 1.807) is 99.9 Å². The SMILES string of the molecule is CCc1ncnc(N2CCC(O)(CC)CC2)c1C#Cc1ccc(N)nc1.CCc1ncnc(N2CCN(C(C)=O)CC2)c1C#Cc1ccc(N)nc1.Cc1ncnc(N2CCC3(CCNC3=O)CC2)c1C#Cc1ccc(N)nc1.Cc1ncnc(N2CCN(CC(C)(C)O)CC2)c1C#Cc1ccc(N)nc1.Cc1ncnc(N2CCOCC2)c1C#Cc1ccc(N)nc1. The van der Waals surface area contributed by atoms with Crippen LogP contribution in [0.1, 0.15) is 164 Å². The van der Waals surface area contributed by atoms with E-state index in [4.69, 9.17) is 33.4 Å². The van der Waals surface area contributed by atoms with E-state index >= 15 is 0 Å². The van der Waals surface area contributed by atoms with Gasteiger partial charge in [-0.2, -0.15) is 0 Å². The average Bonchev–Trinajstić information content (AvgIpc) is 1.21. The molecule has 0 atom stereocenters. The number of nitrogens with zero attached hydrogens (tertiary/aromatic N) is 22. The Kier molecular flexibility index (Phi) is 32.0. The number of β-amino-alcohol motifs (C(OH)–C–C–N with tert-alkyl or cyclic N) is 1. The van der Waals surface area contributed by atoms with Crippen LogP contribution < -0.4 is 58.5 Å². The molecular formula is C95H112N28O5. The van der Waals surface area contributed by atoms with Crippen LogP contribution in [0.4, 0.5) is 58.2 Å².